The number of Topliss-reactive ketones (excluding diaryl/α,β-unsaturated/α-hetero) is 2. The van der Waals surface area contributed by atoms with Crippen LogP contribution in [0.1, 0.15) is 22.0 Å². The van der Waals surface area contributed by atoms with Gasteiger partial charge in [-0.05, 0) is 12.1 Å². The fraction of sp³-hybridized carbons (Fsp3) is 0.0667. The van der Waals surface area contributed by atoms with Crippen LogP contribution in [0.4, 0.5) is 0 Å². The van der Waals surface area contributed by atoms with Gasteiger partial charge in [-0.3, -0.25) is 9.59 Å². The van der Waals surface area contributed by atoms with Crippen LogP contribution in [0.15, 0.2) is 48.5 Å². The lowest BCUT2D eigenvalue weighted by molar-refractivity contribution is -0.122. The Hall–Kier alpha value is -2.62. The van der Waals surface area contributed by atoms with Gasteiger partial charge in [0.2, 0.25) is 11.6 Å². The summed E-state index contributed by atoms with van der Waals surface area (Å²) in [6.45, 7) is 0. The number of benzene rings is 2. The van der Waals surface area contributed by atoms with Gasteiger partial charge in [-0.25, -0.2) is 0 Å². The van der Waals surface area contributed by atoms with Crippen molar-refractivity contribution in [3.8, 4) is 11.5 Å². The summed E-state index contributed by atoms with van der Waals surface area (Å²) in [5.74, 6) is -0.953. The van der Waals surface area contributed by atoms with Gasteiger partial charge in [-0.2, -0.15) is 0 Å². The van der Waals surface area contributed by atoms with Crippen molar-refractivity contribution in [2.24, 2.45) is 0 Å². The minimum absolute atomic E-state index is 0.00675. The highest BCUT2D eigenvalue weighted by molar-refractivity contribution is 6.46. The van der Waals surface area contributed by atoms with Gasteiger partial charge < -0.3 is 9.84 Å². The van der Waals surface area contributed by atoms with Crippen LogP contribution in [0.2, 0.25) is 0 Å². The predicted octanol–water partition coefficient (Wildman–Crippen LogP) is 2.28. The standard InChI is InChI=1S/C15H10O4/c16-10-6-7-11-12(8-10)19-15(14(18)13(11)17)9-4-2-1-3-5-9/h1-8,15-16H/t15-/m1/s1. The lowest BCUT2D eigenvalue weighted by Gasteiger charge is -2.24. The molecule has 0 unspecified atom stereocenters. The van der Waals surface area contributed by atoms with Crippen molar-refractivity contribution in [3.05, 3.63) is 59.7 Å². The van der Waals surface area contributed by atoms with Gasteiger partial charge in [0.1, 0.15) is 11.5 Å². The van der Waals surface area contributed by atoms with Crippen molar-refractivity contribution >= 4 is 11.6 Å². The van der Waals surface area contributed by atoms with Gasteiger partial charge in [-0.15, -0.1) is 0 Å². The topological polar surface area (TPSA) is 63.6 Å². The van der Waals surface area contributed by atoms with Crippen LogP contribution in [-0.2, 0) is 4.79 Å². The maximum absolute atomic E-state index is 12.0. The number of fused-ring (bicyclic) bond motifs is 1. The maximum atomic E-state index is 12.0. The van der Waals surface area contributed by atoms with E-state index in [1.807, 2.05) is 6.07 Å². The molecule has 2 aromatic carbocycles. The summed E-state index contributed by atoms with van der Waals surface area (Å²) in [7, 11) is 0. The normalized spacial score (nSPS) is 17.8. The lowest BCUT2D eigenvalue weighted by Crippen LogP contribution is -2.31. The molecule has 0 fully saturated rings. The van der Waals surface area contributed by atoms with E-state index in [2.05, 4.69) is 0 Å². The molecule has 0 saturated carbocycles. The average molecular weight is 254 g/mol. The first-order valence-corrected chi connectivity index (χ1v) is 5.80. The van der Waals surface area contributed by atoms with Crippen molar-refractivity contribution in [3.63, 3.8) is 0 Å². The van der Waals surface area contributed by atoms with Crippen molar-refractivity contribution < 1.29 is 19.4 Å². The van der Waals surface area contributed by atoms with Gasteiger partial charge in [0.15, 0.2) is 6.10 Å². The van der Waals surface area contributed by atoms with E-state index < -0.39 is 17.7 Å². The smallest absolute Gasteiger partial charge is 0.248 e. The second-order valence-corrected chi connectivity index (χ2v) is 4.28. The molecule has 19 heavy (non-hydrogen) atoms. The van der Waals surface area contributed by atoms with E-state index in [1.54, 1.807) is 24.3 Å². The third kappa shape index (κ3) is 1.87. The molecule has 94 valence electrons. The number of hydrogen-bond donors (Lipinski definition) is 1. The molecule has 1 N–H and O–H groups in total. The molecule has 0 radical (unpaired) electrons. The predicted molar refractivity (Wildman–Crippen MR) is 67.3 cm³/mol. The molecule has 4 nitrogen and oxygen atoms in total. The fourth-order valence-corrected chi connectivity index (χ4v) is 2.08. The molecule has 0 spiro atoms. The van der Waals surface area contributed by atoms with Crippen molar-refractivity contribution in [2.75, 3.05) is 0 Å². The molecule has 1 aliphatic rings. The monoisotopic (exact) mass is 254 g/mol. The molecule has 4 heteroatoms. The number of phenolic OH excluding ortho intramolecular Hbond substituents is 1. The largest absolute Gasteiger partial charge is 0.508 e. The number of ether oxygens (including phenoxy) is 1. The van der Waals surface area contributed by atoms with E-state index in [1.165, 1.54) is 18.2 Å². The molecule has 0 saturated heterocycles. The zero-order chi connectivity index (χ0) is 13.4. The fourth-order valence-electron chi connectivity index (χ4n) is 2.08. The number of hydrogen-bond acceptors (Lipinski definition) is 4. The molecule has 1 heterocycles. The second-order valence-electron chi connectivity index (χ2n) is 4.28. The third-order valence-corrected chi connectivity index (χ3v) is 3.02. The zero-order valence-electron chi connectivity index (χ0n) is 9.87. The molecule has 2 aromatic rings. The molecule has 0 aliphatic carbocycles. The number of aromatic hydroxyl groups is 1. The number of carbonyl (C=O) groups excluding carboxylic acids is 2. The molecule has 1 atom stereocenters. The summed E-state index contributed by atoms with van der Waals surface area (Å²) in [5, 5.41) is 9.42. The Labute approximate surface area is 109 Å². The quantitative estimate of drug-likeness (QED) is 0.793. The van der Waals surface area contributed by atoms with Gasteiger partial charge in [0.05, 0.1) is 5.56 Å². The Kier molecular flexibility index (Phi) is 2.56. The highest BCUT2D eigenvalue weighted by atomic mass is 16.5. The molecule has 3 rings (SSSR count). The van der Waals surface area contributed by atoms with E-state index in [4.69, 9.17) is 4.74 Å². The van der Waals surface area contributed by atoms with Gasteiger partial charge in [0, 0.05) is 11.6 Å². The minimum Gasteiger partial charge on any atom is -0.508 e. The molecule has 0 amide bonds. The summed E-state index contributed by atoms with van der Waals surface area (Å²) < 4.78 is 5.55. The summed E-state index contributed by atoms with van der Waals surface area (Å²) in [5.41, 5.74) is 0.810. The number of rotatable bonds is 1. The van der Waals surface area contributed by atoms with Crippen LogP contribution in [-0.4, -0.2) is 16.7 Å². The molecular formula is C15H10O4. The van der Waals surface area contributed by atoms with E-state index in [-0.39, 0.29) is 17.1 Å². The van der Waals surface area contributed by atoms with Gasteiger partial charge in [-0.1, -0.05) is 30.3 Å². The summed E-state index contributed by atoms with van der Waals surface area (Å²) >= 11 is 0. The van der Waals surface area contributed by atoms with Crippen LogP contribution in [0.5, 0.6) is 11.5 Å². The Morgan fingerprint density at radius 2 is 1.74 bits per heavy atom. The summed E-state index contributed by atoms with van der Waals surface area (Å²) in [6, 6.07) is 12.9. The van der Waals surface area contributed by atoms with Crippen molar-refractivity contribution in [1.82, 2.24) is 0 Å². The average Bonchev–Trinajstić information content (AvgIpc) is 2.43. The first kappa shape index (κ1) is 11.5. The maximum Gasteiger partial charge on any atom is 0.248 e. The van der Waals surface area contributed by atoms with E-state index in [9.17, 15) is 14.7 Å². The van der Waals surface area contributed by atoms with Crippen LogP contribution in [0, 0.1) is 0 Å². The van der Waals surface area contributed by atoms with Gasteiger partial charge >= 0.3 is 0 Å². The lowest BCUT2D eigenvalue weighted by atomic mass is 9.95. The number of phenols is 1. The second kappa shape index (κ2) is 4.24. The van der Waals surface area contributed by atoms with Crippen molar-refractivity contribution in [1.29, 1.82) is 0 Å². The van der Waals surface area contributed by atoms with E-state index >= 15 is 0 Å². The first-order valence-electron chi connectivity index (χ1n) is 5.80. The van der Waals surface area contributed by atoms with Crippen LogP contribution >= 0.6 is 0 Å². The Morgan fingerprint density at radius 1 is 1.00 bits per heavy atom. The summed E-state index contributed by atoms with van der Waals surface area (Å²) in [4.78, 5) is 24.0. The van der Waals surface area contributed by atoms with Gasteiger partial charge in [0.25, 0.3) is 0 Å². The van der Waals surface area contributed by atoms with E-state index in [0.29, 0.717) is 5.56 Å². The number of carbonyl (C=O) groups is 2. The molecule has 0 bridgehead atoms. The zero-order valence-corrected chi connectivity index (χ0v) is 9.87. The third-order valence-electron chi connectivity index (χ3n) is 3.02. The number of ketones is 2. The Balaban J connectivity index is 2.08. The summed E-state index contributed by atoms with van der Waals surface area (Å²) in [6.07, 6.45) is -0.942. The highest BCUT2D eigenvalue weighted by Gasteiger charge is 2.36. The van der Waals surface area contributed by atoms with Crippen LogP contribution in [0.3, 0.4) is 0 Å². The van der Waals surface area contributed by atoms with Crippen LogP contribution < -0.4 is 4.74 Å². The first-order chi connectivity index (χ1) is 9.16. The minimum atomic E-state index is -0.942. The van der Waals surface area contributed by atoms with E-state index in [0.717, 1.165) is 0 Å². The molecule has 0 aromatic heterocycles. The Bertz CT molecular complexity index is 661. The highest BCUT2D eigenvalue weighted by Crippen LogP contribution is 2.34. The van der Waals surface area contributed by atoms with Crippen LogP contribution in [0.25, 0.3) is 0 Å². The van der Waals surface area contributed by atoms with Crippen molar-refractivity contribution in [2.45, 2.75) is 6.10 Å². The SMILES string of the molecule is O=C1C(=O)[C@@H](c2ccccc2)Oc2cc(O)ccc21. The molecule has 1 aliphatic heterocycles. The Morgan fingerprint density at radius 3 is 2.47 bits per heavy atom. The molecular weight excluding hydrogens is 244 g/mol.